The van der Waals surface area contributed by atoms with Crippen molar-refractivity contribution in [2.45, 2.75) is 19.3 Å². The number of methoxy groups -OCH3 is 2. The molecule has 0 radical (unpaired) electrons. The molecule has 0 aliphatic heterocycles. The zero-order valence-corrected chi connectivity index (χ0v) is 16.5. The Morgan fingerprint density at radius 3 is 2.59 bits per heavy atom. The van der Waals surface area contributed by atoms with E-state index < -0.39 is 28.6 Å². The number of pyridine rings is 1. The van der Waals surface area contributed by atoms with Gasteiger partial charge in [-0.05, 0) is 30.5 Å². The molecule has 3 aromatic rings. The van der Waals surface area contributed by atoms with Crippen LogP contribution in [0.25, 0.3) is 10.9 Å². The minimum atomic E-state index is -1.000. The number of aromatic hydroxyl groups is 1. The Morgan fingerprint density at radius 1 is 1.21 bits per heavy atom. The van der Waals surface area contributed by atoms with Gasteiger partial charge in [0.2, 0.25) is 11.2 Å². The maximum Gasteiger partial charge on any atom is 0.306 e. The Balaban J connectivity index is 2.30. The van der Waals surface area contributed by atoms with Crippen LogP contribution >= 0.6 is 0 Å². The summed E-state index contributed by atoms with van der Waals surface area (Å²) in [6.07, 6.45) is -0.284. The lowest BCUT2D eigenvalue weighted by atomic mass is 9.92. The molecule has 0 aliphatic rings. The van der Waals surface area contributed by atoms with E-state index in [0.29, 0.717) is 16.7 Å². The number of benzene rings is 1. The molecule has 0 bridgehead atoms. The summed E-state index contributed by atoms with van der Waals surface area (Å²) in [5, 5.41) is 11.0. The van der Waals surface area contributed by atoms with Crippen LogP contribution in [-0.4, -0.2) is 29.9 Å². The van der Waals surface area contributed by atoms with Crippen LogP contribution in [0.4, 0.5) is 0 Å². The minimum absolute atomic E-state index is 0.148. The third kappa shape index (κ3) is 3.73. The molecule has 2 aromatic heterocycles. The van der Waals surface area contributed by atoms with Gasteiger partial charge in [-0.3, -0.25) is 14.4 Å². The molecule has 0 unspecified atom stereocenters. The second-order valence-electron chi connectivity index (χ2n) is 6.66. The predicted octanol–water partition coefficient (Wildman–Crippen LogP) is 2.21. The zero-order valence-electron chi connectivity index (χ0n) is 16.5. The first-order chi connectivity index (χ1) is 13.8. The van der Waals surface area contributed by atoms with Gasteiger partial charge in [-0.2, -0.15) is 0 Å². The van der Waals surface area contributed by atoms with Crippen molar-refractivity contribution in [3.63, 3.8) is 0 Å². The molecule has 3 rings (SSSR count). The van der Waals surface area contributed by atoms with Gasteiger partial charge in [0.05, 0.1) is 32.1 Å². The molecular formula is C21H21NO7. The van der Waals surface area contributed by atoms with Crippen molar-refractivity contribution in [1.82, 2.24) is 4.57 Å². The fourth-order valence-electron chi connectivity index (χ4n) is 3.30. The van der Waals surface area contributed by atoms with Crippen LogP contribution in [0.5, 0.6) is 11.5 Å². The molecule has 8 heteroatoms. The third-order valence-corrected chi connectivity index (χ3v) is 4.82. The molecule has 0 saturated heterocycles. The lowest BCUT2D eigenvalue weighted by molar-refractivity contribution is -0.140. The normalized spacial score (nSPS) is 12.0. The lowest BCUT2D eigenvalue weighted by Gasteiger charge is -2.18. The number of carbonyl (C=O) groups is 1. The van der Waals surface area contributed by atoms with E-state index in [1.807, 2.05) is 0 Å². The van der Waals surface area contributed by atoms with Gasteiger partial charge in [0, 0.05) is 24.7 Å². The van der Waals surface area contributed by atoms with E-state index in [0.717, 1.165) is 6.07 Å². The van der Waals surface area contributed by atoms with E-state index in [-0.39, 0.29) is 23.5 Å². The molecule has 2 heterocycles. The molecule has 1 atom stereocenters. The molecule has 8 nitrogen and oxygen atoms in total. The highest BCUT2D eigenvalue weighted by Gasteiger charge is 2.29. The minimum Gasteiger partial charge on any atom is -0.502 e. The number of carbonyl (C=O) groups excluding carboxylic acids is 1. The fraction of sp³-hybridized carbons (Fsp3) is 0.286. The van der Waals surface area contributed by atoms with Gasteiger partial charge < -0.3 is 23.6 Å². The molecule has 29 heavy (non-hydrogen) atoms. The Bertz CT molecular complexity index is 1210. The van der Waals surface area contributed by atoms with Gasteiger partial charge in [0.25, 0.3) is 5.56 Å². The van der Waals surface area contributed by atoms with Crippen molar-refractivity contribution < 1.29 is 23.8 Å². The summed E-state index contributed by atoms with van der Waals surface area (Å²) in [7, 11) is 4.34. The van der Waals surface area contributed by atoms with Crippen LogP contribution in [0.15, 0.2) is 44.3 Å². The predicted molar refractivity (Wildman–Crippen MR) is 106 cm³/mol. The van der Waals surface area contributed by atoms with E-state index in [9.17, 15) is 19.5 Å². The van der Waals surface area contributed by atoms with Crippen molar-refractivity contribution in [3.8, 4) is 11.5 Å². The van der Waals surface area contributed by atoms with Crippen LogP contribution in [-0.2, 0) is 16.6 Å². The maximum absolute atomic E-state index is 13.1. The summed E-state index contributed by atoms with van der Waals surface area (Å²) < 4.78 is 16.9. The number of aromatic nitrogens is 1. The second-order valence-corrected chi connectivity index (χ2v) is 6.66. The second kappa shape index (κ2) is 7.83. The molecule has 152 valence electrons. The monoisotopic (exact) mass is 399 g/mol. The fourth-order valence-corrected chi connectivity index (χ4v) is 3.30. The SMILES string of the molecule is COC(=O)C[C@H](c1oc(C)cc(=O)c1O)c1cc2ccc(OC)cc2n(C)c1=O. The summed E-state index contributed by atoms with van der Waals surface area (Å²) in [5.41, 5.74) is -0.228. The average Bonchev–Trinajstić information content (AvgIpc) is 2.71. The Morgan fingerprint density at radius 2 is 1.93 bits per heavy atom. The number of aryl methyl sites for hydroxylation is 2. The number of fused-ring (bicyclic) bond motifs is 1. The Hall–Kier alpha value is -3.55. The van der Waals surface area contributed by atoms with Crippen LogP contribution in [0.3, 0.4) is 0 Å². The standard InChI is InChI=1S/C21H21NO7/c1-11-7-17(23)19(25)20(29-11)14(10-18(24)28-4)15-8-12-5-6-13(27-3)9-16(12)22(2)21(15)26/h5-9,14,25H,10H2,1-4H3/t14-/m0/s1. The van der Waals surface area contributed by atoms with Crippen LogP contribution in [0.2, 0.25) is 0 Å². The first-order valence-electron chi connectivity index (χ1n) is 8.85. The maximum atomic E-state index is 13.1. The number of hydrogen-bond acceptors (Lipinski definition) is 7. The van der Waals surface area contributed by atoms with Crippen molar-refractivity contribution >= 4 is 16.9 Å². The van der Waals surface area contributed by atoms with Crippen LogP contribution in [0, 0.1) is 6.92 Å². The molecule has 0 saturated carbocycles. The average molecular weight is 399 g/mol. The number of nitrogens with zero attached hydrogens (tertiary/aromatic N) is 1. The topological polar surface area (TPSA) is 108 Å². The highest BCUT2D eigenvalue weighted by molar-refractivity contribution is 5.82. The first kappa shape index (κ1) is 20.2. The number of ether oxygens (including phenoxy) is 2. The van der Waals surface area contributed by atoms with Gasteiger partial charge in [-0.25, -0.2) is 0 Å². The molecular weight excluding hydrogens is 378 g/mol. The van der Waals surface area contributed by atoms with Crippen molar-refractivity contribution in [1.29, 1.82) is 0 Å². The number of hydrogen-bond donors (Lipinski definition) is 1. The van der Waals surface area contributed by atoms with E-state index in [2.05, 4.69) is 0 Å². The highest BCUT2D eigenvalue weighted by Crippen LogP contribution is 2.33. The molecule has 1 N–H and O–H groups in total. The lowest BCUT2D eigenvalue weighted by Crippen LogP contribution is -2.26. The van der Waals surface area contributed by atoms with Gasteiger partial charge >= 0.3 is 5.97 Å². The molecule has 0 aliphatic carbocycles. The third-order valence-electron chi connectivity index (χ3n) is 4.82. The number of esters is 1. The van der Waals surface area contributed by atoms with Gasteiger partial charge in [0.15, 0.2) is 5.76 Å². The highest BCUT2D eigenvalue weighted by atomic mass is 16.5. The molecule has 0 amide bonds. The Labute approximate surface area is 165 Å². The summed E-state index contributed by atoms with van der Waals surface area (Å²) in [6.45, 7) is 1.55. The summed E-state index contributed by atoms with van der Waals surface area (Å²) in [6, 6.07) is 8.00. The largest absolute Gasteiger partial charge is 0.502 e. The number of rotatable bonds is 5. The van der Waals surface area contributed by atoms with Crippen LogP contribution < -0.4 is 15.7 Å². The summed E-state index contributed by atoms with van der Waals surface area (Å²) >= 11 is 0. The van der Waals surface area contributed by atoms with Crippen molar-refractivity contribution in [3.05, 3.63) is 68.0 Å². The van der Waals surface area contributed by atoms with Gasteiger partial charge in [0.1, 0.15) is 11.5 Å². The first-order valence-corrected chi connectivity index (χ1v) is 8.85. The van der Waals surface area contributed by atoms with Gasteiger partial charge in [-0.1, -0.05) is 0 Å². The van der Waals surface area contributed by atoms with Gasteiger partial charge in [-0.15, -0.1) is 0 Å². The quantitative estimate of drug-likeness (QED) is 0.655. The van der Waals surface area contributed by atoms with E-state index in [1.165, 1.54) is 18.8 Å². The smallest absolute Gasteiger partial charge is 0.306 e. The van der Waals surface area contributed by atoms with E-state index >= 15 is 0 Å². The molecule has 0 spiro atoms. The summed E-state index contributed by atoms with van der Waals surface area (Å²) in [5.74, 6) is -1.56. The van der Waals surface area contributed by atoms with E-state index in [4.69, 9.17) is 13.9 Å². The Kier molecular flexibility index (Phi) is 5.45. The molecule has 1 aromatic carbocycles. The zero-order chi connectivity index (χ0) is 21.3. The summed E-state index contributed by atoms with van der Waals surface area (Å²) in [4.78, 5) is 37.2. The van der Waals surface area contributed by atoms with E-state index in [1.54, 1.807) is 38.2 Å². The molecule has 0 fully saturated rings. The van der Waals surface area contributed by atoms with Crippen molar-refractivity contribution in [2.24, 2.45) is 7.05 Å². The van der Waals surface area contributed by atoms with Crippen LogP contribution in [0.1, 0.15) is 29.4 Å². The van der Waals surface area contributed by atoms with Crippen molar-refractivity contribution in [2.75, 3.05) is 14.2 Å².